The number of ether oxygens (including phenoxy) is 1. The lowest BCUT2D eigenvalue weighted by atomic mass is 9.96. The third-order valence-corrected chi connectivity index (χ3v) is 5.09. The van der Waals surface area contributed by atoms with Gasteiger partial charge in [0.15, 0.2) is 5.13 Å². The van der Waals surface area contributed by atoms with Crippen LogP contribution in [-0.4, -0.2) is 33.1 Å². The van der Waals surface area contributed by atoms with Crippen LogP contribution >= 0.6 is 11.3 Å². The lowest BCUT2D eigenvalue weighted by molar-refractivity contribution is 0.108. The van der Waals surface area contributed by atoms with Gasteiger partial charge in [0.1, 0.15) is 11.9 Å². The first-order valence-electron chi connectivity index (χ1n) is 8.62. The normalized spacial score (nSPS) is 14.0. The summed E-state index contributed by atoms with van der Waals surface area (Å²) in [5, 5.41) is 7.11. The first kappa shape index (κ1) is 16.9. The summed E-state index contributed by atoms with van der Waals surface area (Å²) in [6.45, 7) is 0.799. The number of hydrogen-bond donors (Lipinski definition) is 2. The van der Waals surface area contributed by atoms with Crippen molar-refractivity contribution in [3.63, 3.8) is 0 Å². The highest BCUT2D eigenvalue weighted by atomic mass is 32.1. The lowest BCUT2D eigenvalue weighted by Crippen LogP contribution is -2.25. The highest BCUT2D eigenvalue weighted by Gasteiger charge is 2.20. The summed E-state index contributed by atoms with van der Waals surface area (Å²) in [5.74, 6) is 0.766. The second kappa shape index (κ2) is 7.76. The first-order chi connectivity index (χ1) is 12.8. The third-order valence-electron chi connectivity index (χ3n) is 4.16. The van der Waals surface area contributed by atoms with E-state index in [0.29, 0.717) is 6.01 Å². The Kier molecular flexibility index (Phi) is 5.03. The zero-order valence-electron chi connectivity index (χ0n) is 14.5. The van der Waals surface area contributed by atoms with Crippen LogP contribution in [0.3, 0.4) is 0 Å². The van der Waals surface area contributed by atoms with E-state index < -0.39 is 0 Å². The number of anilines is 2. The predicted molar refractivity (Wildman–Crippen MR) is 102 cm³/mol. The number of nitrogens with one attached hydrogen (secondary N) is 2. The van der Waals surface area contributed by atoms with E-state index in [4.69, 9.17) is 4.74 Å². The van der Waals surface area contributed by atoms with Crippen molar-refractivity contribution < 1.29 is 4.74 Å². The Labute approximate surface area is 155 Å². The van der Waals surface area contributed by atoms with Crippen LogP contribution in [0.2, 0.25) is 0 Å². The van der Waals surface area contributed by atoms with Gasteiger partial charge in [-0.1, -0.05) is 17.4 Å². The molecular formula is C18H20N6OS. The summed E-state index contributed by atoms with van der Waals surface area (Å²) in [6.07, 6.45) is 9.04. The number of pyridine rings is 1. The van der Waals surface area contributed by atoms with Crippen LogP contribution in [0.4, 0.5) is 10.9 Å². The highest BCUT2D eigenvalue weighted by molar-refractivity contribution is 7.18. The molecule has 3 heterocycles. The maximum absolute atomic E-state index is 5.78. The third kappa shape index (κ3) is 3.97. The Morgan fingerprint density at radius 3 is 2.81 bits per heavy atom. The molecule has 2 N–H and O–H groups in total. The molecule has 8 heteroatoms. The van der Waals surface area contributed by atoms with E-state index in [2.05, 4.69) is 30.6 Å². The fourth-order valence-electron chi connectivity index (χ4n) is 2.54. The Bertz CT molecular complexity index is 862. The Balaban J connectivity index is 1.44. The molecule has 1 aliphatic rings. The minimum absolute atomic E-state index is 0.265. The van der Waals surface area contributed by atoms with Gasteiger partial charge in [-0.05, 0) is 44.0 Å². The molecule has 134 valence electrons. The van der Waals surface area contributed by atoms with Crippen LogP contribution in [0.15, 0.2) is 36.8 Å². The molecule has 0 atom stereocenters. The average Bonchev–Trinajstić information content (AvgIpc) is 3.09. The van der Waals surface area contributed by atoms with Crippen molar-refractivity contribution in [3.8, 4) is 16.6 Å². The second-order valence-electron chi connectivity index (χ2n) is 6.13. The number of thiazole rings is 1. The molecule has 0 spiro atoms. The van der Waals surface area contributed by atoms with E-state index in [1.165, 1.54) is 17.8 Å². The fourth-order valence-corrected chi connectivity index (χ4v) is 3.33. The molecule has 1 aliphatic carbocycles. The minimum Gasteiger partial charge on any atom is -0.460 e. The van der Waals surface area contributed by atoms with Gasteiger partial charge in [-0.3, -0.25) is 0 Å². The summed E-state index contributed by atoms with van der Waals surface area (Å²) in [7, 11) is 1.92. The molecule has 3 aromatic heterocycles. The average molecular weight is 368 g/mol. The van der Waals surface area contributed by atoms with Crippen LogP contribution in [0.1, 0.15) is 24.8 Å². The monoisotopic (exact) mass is 368 g/mol. The molecule has 7 nitrogen and oxygen atoms in total. The molecule has 4 rings (SSSR count). The van der Waals surface area contributed by atoms with Gasteiger partial charge in [0.05, 0.1) is 10.6 Å². The molecular weight excluding hydrogens is 348 g/mol. The van der Waals surface area contributed by atoms with Crippen LogP contribution in [0, 0.1) is 0 Å². The minimum atomic E-state index is 0.265. The molecule has 0 saturated heterocycles. The molecule has 0 amide bonds. The van der Waals surface area contributed by atoms with Crippen molar-refractivity contribution in [2.75, 3.05) is 12.4 Å². The maximum Gasteiger partial charge on any atom is 0.317 e. The van der Waals surface area contributed by atoms with E-state index in [0.717, 1.165) is 46.5 Å². The van der Waals surface area contributed by atoms with Gasteiger partial charge in [-0.25, -0.2) is 15.0 Å². The SMILES string of the molecule is CNCc1ccc(Nc2ncc(-c3ccnc(OC4CCC4)n3)s2)nc1. The zero-order valence-corrected chi connectivity index (χ0v) is 15.3. The van der Waals surface area contributed by atoms with E-state index in [9.17, 15) is 0 Å². The van der Waals surface area contributed by atoms with Crippen LogP contribution < -0.4 is 15.4 Å². The van der Waals surface area contributed by atoms with E-state index >= 15 is 0 Å². The molecule has 3 aromatic rings. The molecule has 0 bridgehead atoms. The van der Waals surface area contributed by atoms with Crippen molar-refractivity contribution in [3.05, 3.63) is 42.4 Å². The van der Waals surface area contributed by atoms with Crippen molar-refractivity contribution >= 4 is 22.3 Å². The standard InChI is InChI=1S/C18H20N6OS/c1-19-9-12-5-6-16(21-10-12)24-18-22-11-15(26-18)14-7-8-20-17(23-14)25-13-3-2-4-13/h5-8,10-11,13,19H,2-4,9H2,1H3,(H,21,22,24). The van der Waals surface area contributed by atoms with E-state index in [1.807, 2.05) is 31.4 Å². The Morgan fingerprint density at radius 1 is 1.15 bits per heavy atom. The predicted octanol–water partition coefficient (Wildman–Crippen LogP) is 3.39. The van der Waals surface area contributed by atoms with E-state index in [-0.39, 0.29) is 6.10 Å². The first-order valence-corrected chi connectivity index (χ1v) is 9.44. The smallest absolute Gasteiger partial charge is 0.317 e. The second-order valence-corrected chi connectivity index (χ2v) is 7.16. The molecule has 0 unspecified atom stereocenters. The molecule has 0 radical (unpaired) electrons. The summed E-state index contributed by atoms with van der Waals surface area (Å²) in [4.78, 5) is 18.5. The van der Waals surface area contributed by atoms with Gasteiger partial charge in [-0.15, -0.1) is 0 Å². The van der Waals surface area contributed by atoms with Crippen molar-refractivity contribution in [2.45, 2.75) is 31.9 Å². The summed E-state index contributed by atoms with van der Waals surface area (Å²) in [6, 6.07) is 6.30. The zero-order chi connectivity index (χ0) is 17.8. The van der Waals surface area contributed by atoms with Gasteiger partial charge in [0.25, 0.3) is 0 Å². The number of rotatable bonds is 7. The molecule has 0 aromatic carbocycles. The molecule has 1 saturated carbocycles. The van der Waals surface area contributed by atoms with Crippen molar-refractivity contribution in [1.29, 1.82) is 0 Å². The molecule has 26 heavy (non-hydrogen) atoms. The highest BCUT2D eigenvalue weighted by Crippen LogP contribution is 2.30. The van der Waals surface area contributed by atoms with Gasteiger partial charge in [-0.2, -0.15) is 4.98 Å². The van der Waals surface area contributed by atoms with Crippen LogP contribution in [-0.2, 0) is 6.54 Å². The Hall–Kier alpha value is -2.58. The quantitative estimate of drug-likeness (QED) is 0.661. The van der Waals surface area contributed by atoms with Crippen LogP contribution in [0.5, 0.6) is 6.01 Å². The van der Waals surface area contributed by atoms with Gasteiger partial charge < -0.3 is 15.4 Å². The summed E-state index contributed by atoms with van der Waals surface area (Å²) in [5.41, 5.74) is 1.95. The maximum atomic E-state index is 5.78. The van der Waals surface area contributed by atoms with E-state index in [1.54, 1.807) is 12.4 Å². The van der Waals surface area contributed by atoms with Crippen molar-refractivity contribution in [1.82, 2.24) is 25.3 Å². The van der Waals surface area contributed by atoms with Gasteiger partial charge in [0, 0.05) is 25.1 Å². The lowest BCUT2D eigenvalue weighted by Gasteiger charge is -2.24. The number of hydrogen-bond acceptors (Lipinski definition) is 8. The Morgan fingerprint density at radius 2 is 2.08 bits per heavy atom. The number of nitrogens with zero attached hydrogens (tertiary/aromatic N) is 4. The summed E-state index contributed by atoms with van der Waals surface area (Å²) >= 11 is 1.52. The van der Waals surface area contributed by atoms with Crippen molar-refractivity contribution in [2.24, 2.45) is 0 Å². The van der Waals surface area contributed by atoms with Gasteiger partial charge in [0.2, 0.25) is 0 Å². The topological polar surface area (TPSA) is 84.9 Å². The molecule has 1 fully saturated rings. The summed E-state index contributed by atoms with van der Waals surface area (Å²) < 4.78 is 5.78. The number of aromatic nitrogens is 4. The fraction of sp³-hybridized carbons (Fsp3) is 0.333. The van der Waals surface area contributed by atoms with Gasteiger partial charge >= 0.3 is 6.01 Å². The molecule has 0 aliphatic heterocycles. The van der Waals surface area contributed by atoms with Crippen LogP contribution in [0.25, 0.3) is 10.6 Å². The largest absolute Gasteiger partial charge is 0.460 e.